The second kappa shape index (κ2) is 7.40. The molecule has 0 bridgehead atoms. The third kappa shape index (κ3) is 4.92. The van der Waals surface area contributed by atoms with Gasteiger partial charge in [-0.3, -0.25) is 0 Å². The predicted molar refractivity (Wildman–Crippen MR) is 91.6 cm³/mol. The Morgan fingerprint density at radius 2 is 2.16 bits per heavy atom. The van der Waals surface area contributed by atoms with Gasteiger partial charge in [0.15, 0.2) is 14.9 Å². The van der Waals surface area contributed by atoms with Crippen LogP contribution in [-0.2, 0) is 14.6 Å². The zero-order valence-corrected chi connectivity index (χ0v) is 15.5. The molecule has 1 aromatic rings. The van der Waals surface area contributed by atoms with Crippen LogP contribution in [0.15, 0.2) is 23.4 Å². The van der Waals surface area contributed by atoms with Crippen molar-refractivity contribution >= 4 is 15.9 Å². The Labute approximate surface area is 148 Å². The summed E-state index contributed by atoms with van der Waals surface area (Å²) in [6, 6.07) is 4.31. The van der Waals surface area contributed by atoms with Crippen molar-refractivity contribution in [3.8, 4) is 6.07 Å². The van der Waals surface area contributed by atoms with Crippen LogP contribution in [-0.4, -0.2) is 48.3 Å². The maximum Gasteiger partial charge on any atom is 0.410 e. The lowest BCUT2D eigenvalue weighted by atomic mass is 10.0. The molecule has 0 radical (unpaired) electrons. The molecule has 2 rings (SSSR count). The van der Waals surface area contributed by atoms with Gasteiger partial charge in [-0.15, -0.1) is 0 Å². The number of likely N-dealkylation sites (tertiary alicyclic amines) is 1. The molecule has 1 amide bonds. The summed E-state index contributed by atoms with van der Waals surface area (Å²) in [6.07, 6.45) is 3.07. The molecule has 7 nitrogen and oxygen atoms in total. The maximum atomic E-state index is 12.7. The Kier molecular flexibility index (Phi) is 5.68. The summed E-state index contributed by atoms with van der Waals surface area (Å²) in [5, 5.41) is 8.89. The third-order valence-electron chi connectivity index (χ3n) is 3.85. The van der Waals surface area contributed by atoms with Gasteiger partial charge in [-0.25, -0.2) is 18.2 Å². The molecule has 1 saturated heterocycles. The number of hydrogen-bond donors (Lipinski definition) is 0. The number of carbonyl (C=O) groups excluding carboxylic acids is 1. The van der Waals surface area contributed by atoms with Gasteiger partial charge in [0.1, 0.15) is 11.7 Å². The fourth-order valence-corrected chi connectivity index (χ4v) is 4.47. The van der Waals surface area contributed by atoms with Crippen molar-refractivity contribution in [1.82, 2.24) is 9.88 Å². The van der Waals surface area contributed by atoms with Gasteiger partial charge >= 0.3 is 6.09 Å². The Bertz CT molecular complexity index is 778. The van der Waals surface area contributed by atoms with Gasteiger partial charge in [0.2, 0.25) is 0 Å². The fourth-order valence-electron chi connectivity index (χ4n) is 2.79. The fraction of sp³-hybridized carbons (Fsp3) is 0.588. The molecule has 0 aromatic carbocycles. The summed E-state index contributed by atoms with van der Waals surface area (Å²) >= 11 is 0. The highest BCUT2D eigenvalue weighted by Crippen LogP contribution is 2.24. The van der Waals surface area contributed by atoms with Gasteiger partial charge in [-0.05, 0) is 52.2 Å². The van der Waals surface area contributed by atoms with Crippen molar-refractivity contribution in [3.05, 3.63) is 23.9 Å². The first-order valence-corrected chi connectivity index (χ1v) is 9.87. The molecule has 1 atom stereocenters. The first-order chi connectivity index (χ1) is 11.6. The highest BCUT2D eigenvalue weighted by atomic mass is 32.2. The van der Waals surface area contributed by atoms with Crippen LogP contribution >= 0.6 is 0 Å². The molecular weight excluding hydrogens is 342 g/mol. The molecule has 1 aromatic heterocycles. The largest absolute Gasteiger partial charge is 0.444 e. The molecule has 8 heteroatoms. The Morgan fingerprint density at radius 3 is 2.80 bits per heavy atom. The number of sulfone groups is 1. The van der Waals surface area contributed by atoms with Crippen molar-refractivity contribution < 1.29 is 17.9 Å². The minimum Gasteiger partial charge on any atom is -0.444 e. The Balaban J connectivity index is 2.23. The molecule has 0 saturated carbocycles. The first-order valence-electron chi connectivity index (χ1n) is 8.21. The second-order valence-electron chi connectivity index (χ2n) is 7.07. The molecule has 1 aliphatic heterocycles. The van der Waals surface area contributed by atoms with E-state index in [9.17, 15) is 13.2 Å². The molecule has 1 aliphatic rings. The van der Waals surface area contributed by atoms with Crippen LogP contribution in [0.1, 0.15) is 45.6 Å². The van der Waals surface area contributed by atoms with E-state index in [0.29, 0.717) is 13.0 Å². The molecular formula is C17H23N3O4S. The third-order valence-corrected chi connectivity index (χ3v) is 5.59. The van der Waals surface area contributed by atoms with E-state index in [2.05, 4.69) is 4.98 Å². The van der Waals surface area contributed by atoms with Crippen molar-refractivity contribution in [1.29, 1.82) is 5.26 Å². The zero-order valence-electron chi connectivity index (χ0n) is 14.7. The minimum atomic E-state index is -3.80. The molecule has 1 fully saturated rings. The highest BCUT2D eigenvalue weighted by molar-refractivity contribution is 7.91. The minimum absolute atomic E-state index is 0.0159. The van der Waals surface area contributed by atoms with E-state index in [4.69, 9.17) is 10.00 Å². The van der Waals surface area contributed by atoms with Crippen LogP contribution in [0.4, 0.5) is 4.79 Å². The van der Waals surface area contributed by atoms with Crippen molar-refractivity contribution in [2.75, 3.05) is 12.3 Å². The number of aromatic nitrogens is 1. The molecule has 0 aliphatic carbocycles. The number of carbonyl (C=O) groups is 1. The van der Waals surface area contributed by atoms with E-state index in [-0.39, 0.29) is 16.3 Å². The molecule has 2 heterocycles. The molecule has 1 unspecified atom stereocenters. The van der Waals surface area contributed by atoms with Crippen LogP contribution in [0.2, 0.25) is 0 Å². The van der Waals surface area contributed by atoms with E-state index in [1.165, 1.54) is 23.2 Å². The van der Waals surface area contributed by atoms with E-state index >= 15 is 0 Å². The normalized spacial score (nSPS) is 18.5. The summed E-state index contributed by atoms with van der Waals surface area (Å²) in [5.41, 5.74) is -0.630. The van der Waals surface area contributed by atoms with Gasteiger partial charge in [0, 0.05) is 18.8 Å². The van der Waals surface area contributed by atoms with Crippen LogP contribution < -0.4 is 0 Å². The zero-order chi connectivity index (χ0) is 18.7. The number of piperidine rings is 1. The highest BCUT2D eigenvalue weighted by Gasteiger charge is 2.35. The van der Waals surface area contributed by atoms with Gasteiger partial charge in [0.05, 0.1) is 11.3 Å². The Morgan fingerprint density at radius 1 is 1.44 bits per heavy atom. The van der Waals surface area contributed by atoms with Gasteiger partial charge in [-0.2, -0.15) is 5.26 Å². The topological polar surface area (TPSA) is 100 Å². The van der Waals surface area contributed by atoms with Gasteiger partial charge in [0.25, 0.3) is 0 Å². The second-order valence-corrected chi connectivity index (χ2v) is 9.02. The predicted octanol–water partition coefficient (Wildman–Crippen LogP) is 2.52. The number of pyridine rings is 1. The lowest BCUT2D eigenvalue weighted by Gasteiger charge is -2.36. The van der Waals surface area contributed by atoms with Crippen molar-refractivity contribution in [2.24, 2.45) is 0 Å². The average Bonchev–Trinajstić information content (AvgIpc) is 2.53. The first kappa shape index (κ1) is 19.2. The number of ether oxygens (including phenoxy) is 1. The van der Waals surface area contributed by atoms with Crippen molar-refractivity contribution in [2.45, 2.75) is 56.7 Å². The van der Waals surface area contributed by atoms with Gasteiger partial charge in [-0.1, -0.05) is 0 Å². The number of hydrogen-bond acceptors (Lipinski definition) is 6. The van der Waals surface area contributed by atoms with Crippen LogP contribution in [0.5, 0.6) is 0 Å². The van der Waals surface area contributed by atoms with Crippen LogP contribution in [0, 0.1) is 11.3 Å². The van der Waals surface area contributed by atoms with E-state index < -0.39 is 27.6 Å². The Hall–Kier alpha value is -2.14. The standard InChI is InChI=1S/C17H23N3O4S/c1-17(2,3)24-16(21)20-10-5-4-8-14(20)12-25(22,23)15-13(11-18)7-6-9-19-15/h6-7,9,14H,4-5,8,10,12H2,1-3H3. The average molecular weight is 365 g/mol. The lowest BCUT2D eigenvalue weighted by Crippen LogP contribution is -2.49. The van der Waals surface area contributed by atoms with E-state index in [1.807, 2.05) is 6.07 Å². The maximum absolute atomic E-state index is 12.7. The van der Waals surface area contributed by atoms with E-state index in [1.54, 1.807) is 20.8 Å². The lowest BCUT2D eigenvalue weighted by molar-refractivity contribution is 0.0124. The molecule has 0 spiro atoms. The van der Waals surface area contributed by atoms with Crippen molar-refractivity contribution in [3.63, 3.8) is 0 Å². The quantitative estimate of drug-likeness (QED) is 0.816. The molecule has 0 N–H and O–H groups in total. The SMILES string of the molecule is CC(C)(C)OC(=O)N1CCCCC1CS(=O)(=O)c1ncccc1C#N. The van der Waals surface area contributed by atoms with Crippen LogP contribution in [0.25, 0.3) is 0 Å². The summed E-state index contributed by atoms with van der Waals surface area (Å²) in [5.74, 6) is -0.266. The number of nitrogens with zero attached hydrogens (tertiary/aromatic N) is 3. The molecule has 25 heavy (non-hydrogen) atoms. The van der Waals surface area contributed by atoms with Gasteiger partial charge < -0.3 is 9.64 Å². The monoisotopic (exact) mass is 365 g/mol. The van der Waals surface area contributed by atoms with E-state index in [0.717, 1.165) is 12.8 Å². The summed E-state index contributed by atoms with van der Waals surface area (Å²) in [4.78, 5) is 17.8. The summed E-state index contributed by atoms with van der Waals surface area (Å²) < 4.78 is 30.9. The number of rotatable bonds is 3. The molecule has 136 valence electrons. The van der Waals surface area contributed by atoms with Crippen LogP contribution in [0.3, 0.4) is 0 Å². The smallest absolute Gasteiger partial charge is 0.410 e. The number of amides is 1. The summed E-state index contributed by atoms with van der Waals surface area (Å²) in [7, 11) is -3.80. The summed E-state index contributed by atoms with van der Waals surface area (Å²) in [6.45, 7) is 5.78. The number of nitriles is 1.